The Hall–Kier alpha value is -0.210. The molecule has 0 spiro atoms. The summed E-state index contributed by atoms with van der Waals surface area (Å²) in [6.07, 6.45) is 0.0139. The number of rotatable bonds is 0. The third kappa shape index (κ3) is 0.926. The molecule has 0 aromatic carbocycles. The number of halogens is 3. The van der Waals surface area contributed by atoms with Crippen LogP contribution in [-0.4, -0.2) is 11.6 Å². The maximum absolute atomic E-state index is 12.6. The summed E-state index contributed by atoms with van der Waals surface area (Å²) in [5.41, 5.74) is -2.24. The van der Waals surface area contributed by atoms with E-state index in [-0.39, 0.29) is 12.8 Å². The van der Waals surface area contributed by atoms with Crippen molar-refractivity contribution in [2.75, 3.05) is 0 Å². The van der Waals surface area contributed by atoms with E-state index >= 15 is 0 Å². The van der Waals surface area contributed by atoms with Crippen molar-refractivity contribution in [1.82, 2.24) is 0 Å². The third-order valence-electron chi connectivity index (χ3n) is 1.90. The van der Waals surface area contributed by atoms with Crippen LogP contribution in [0.15, 0.2) is 0 Å². The predicted molar refractivity (Wildman–Crippen MR) is 28.3 cm³/mol. The molecule has 0 bridgehead atoms. The minimum absolute atomic E-state index is 0. The molecule has 0 saturated heterocycles. The van der Waals surface area contributed by atoms with Gasteiger partial charge >= 0.3 is 0 Å². The Kier molecular flexibility index (Phi) is 1.26. The summed E-state index contributed by atoms with van der Waals surface area (Å²) in [5, 5.41) is 0. The molecular formula is C6H9F3. The Morgan fingerprint density at radius 3 is 1.78 bits per heavy atom. The first-order chi connectivity index (χ1) is 3.96. The van der Waals surface area contributed by atoms with Gasteiger partial charge < -0.3 is 0 Å². The van der Waals surface area contributed by atoms with Gasteiger partial charge in [0.1, 0.15) is 0 Å². The number of hydrogen-bond donors (Lipinski definition) is 0. The van der Waals surface area contributed by atoms with Crippen molar-refractivity contribution >= 4 is 0 Å². The quantitative estimate of drug-likeness (QED) is 0.482. The van der Waals surface area contributed by atoms with Gasteiger partial charge in [0.05, 0.1) is 0 Å². The molecule has 1 aliphatic rings. The van der Waals surface area contributed by atoms with Gasteiger partial charge in [-0.25, -0.2) is 13.2 Å². The van der Waals surface area contributed by atoms with Crippen LogP contribution in [0.5, 0.6) is 0 Å². The van der Waals surface area contributed by atoms with Gasteiger partial charge in [-0.15, -0.1) is 0 Å². The van der Waals surface area contributed by atoms with Gasteiger partial charge in [-0.2, -0.15) is 0 Å². The van der Waals surface area contributed by atoms with Crippen LogP contribution >= 0.6 is 0 Å². The molecule has 0 heterocycles. The highest BCUT2D eigenvalue weighted by Crippen LogP contribution is 2.45. The van der Waals surface area contributed by atoms with Crippen LogP contribution < -0.4 is 0 Å². The van der Waals surface area contributed by atoms with E-state index in [1.54, 1.807) is 0 Å². The van der Waals surface area contributed by atoms with Crippen LogP contribution in [0.3, 0.4) is 0 Å². The van der Waals surface area contributed by atoms with E-state index in [9.17, 15) is 13.2 Å². The van der Waals surface area contributed by atoms with Gasteiger partial charge in [-0.1, -0.05) is 0 Å². The van der Waals surface area contributed by atoms with Crippen molar-refractivity contribution in [2.45, 2.75) is 37.8 Å². The molecule has 0 amide bonds. The fourth-order valence-electron chi connectivity index (χ4n) is 1.09. The molecule has 9 heavy (non-hydrogen) atoms. The fraction of sp³-hybridized carbons (Fsp3) is 1.00. The van der Waals surface area contributed by atoms with Crippen LogP contribution in [0, 0.1) is 0 Å². The van der Waals surface area contributed by atoms with E-state index in [2.05, 4.69) is 0 Å². The standard InChI is InChI=1S/C6H9F3/c1-5(7)3-2-4-6(5,8)9/h2-4H2,1H3. The molecule has 3 heteroatoms. The fourth-order valence-corrected chi connectivity index (χ4v) is 1.09. The first-order valence-corrected chi connectivity index (χ1v) is 3.02. The molecular weight excluding hydrogens is 129 g/mol. The van der Waals surface area contributed by atoms with Crippen molar-refractivity contribution in [1.29, 1.82) is 0 Å². The Morgan fingerprint density at radius 2 is 1.67 bits per heavy atom. The van der Waals surface area contributed by atoms with Gasteiger partial charge in [0.15, 0.2) is 5.67 Å². The summed E-state index contributed by atoms with van der Waals surface area (Å²) in [5.74, 6) is -3.08. The number of hydrogen-bond acceptors (Lipinski definition) is 0. The predicted octanol–water partition coefficient (Wildman–Crippen LogP) is 2.53. The van der Waals surface area contributed by atoms with Crippen LogP contribution in [0.2, 0.25) is 0 Å². The van der Waals surface area contributed by atoms with Crippen molar-refractivity contribution in [3.8, 4) is 0 Å². The van der Waals surface area contributed by atoms with Gasteiger partial charge in [-0.05, 0) is 19.8 Å². The summed E-state index contributed by atoms with van der Waals surface area (Å²) in [7, 11) is 0. The largest absolute Gasteiger partial charge is 0.281 e. The second-order valence-electron chi connectivity index (χ2n) is 2.76. The molecule has 1 fully saturated rings. The lowest BCUT2D eigenvalue weighted by atomic mass is 10.1. The van der Waals surface area contributed by atoms with E-state index in [0.29, 0.717) is 6.42 Å². The Labute approximate surface area is 52.1 Å². The van der Waals surface area contributed by atoms with Crippen molar-refractivity contribution < 1.29 is 13.2 Å². The minimum Gasteiger partial charge on any atom is -0.238 e. The zero-order valence-electron chi connectivity index (χ0n) is 5.26. The summed E-state index contributed by atoms with van der Waals surface area (Å²) in [6, 6.07) is 0. The Morgan fingerprint density at radius 1 is 1.11 bits per heavy atom. The minimum atomic E-state index is -3.08. The topological polar surface area (TPSA) is 0 Å². The van der Waals surface area contributed by atoms with E-state index in [0.717, 1.165) is 6.92 Å². The number of alkyl halides is 3. The molecule has 1 aliphatic carbocycles. The van der Waals surface area contributed by atoms with E-state index in [1.807, 2.05) is 0 Å². The monoisotopic (exact) mass is 138 g/mol. The lowest BCUT2D eigenvalue weighted by Gasteiger charge is -2.21. The lowest BCUT2D eigenvalue weighted by Crippen LogP contribution is -2.35. The van der Waals surface area contributed by atoms with Crippen LogP contribution in [-0.2, 0) is 0 Å². The van der Waals surface area contributed by atoms with Crippen LogP contribution in [0.1, 0.15) is 26.2 Å². The molecule has 0 aromatic rings. The zero-order chi connectivity index (χ0) is 7.12. The smallest absolute Gasteiger partial charge is 0.238 e. The molecule has 1 rings (SSSR count). The maximum Gasteiger partial charge on any atom is 0.281 e. The molecule has 54 valence electrons. The first kappa shape index (κ1) is 6.90. The van der Waals surface area contributed by atoms with Gasteiger partial charge in [0.2, 0.25) is 0 Å². The molecule has 0 aromatic heterocycles. The second-order valence-corrected chi connectivity index (χ2v) is 2.76. The summed E-state index contributed by atoms with van der Waals surface area (Å²) in [4.78, 5) is 0. The second kappa shape index (κ2) is 1.64. The molecule has 1 unspecified atom stereocenters. The van der Waals surface area contributed by atoms with Crippen molar-refractivity contribution in [3.05, 3.63) is 0 Å². The third-order valence-corrected chi connectivity index (χ3v) is 1.90. The highest BCUT2D eigenvalue weighted by molar-refractivity contribution is 4.95. The molecule has 0 aliphatic heterocycles. The molecule has 1 saturated carbocycles. The highest BCUT2D eigenvalue weighted by atomic mass is 19.3. The lowest BCUT2D eigenvalue weighted by molar-refractivity contribution is -0.105. The summed E-state index contributed by atoms with van der Waals surface area (Å²) >= 11 is 0. The van der Waals surface area contributed by atoms with E-state index in [1.165, 1.54) is 0 Å². The molecule has 1 atom stereocenters. The van der Waals surface area contributed by atoms with Crippen molar-refractivity contribution in [2.24, 2.45) is 0 Å². The average molecular weight is 138 g/mol. The normalized spacial score (nSPS) is 41.3. The molecule has 0 nitrogen and oxygen atoms in total. The van der Waals surface area contributed by atoms with Crippen molar-refractivity contribution in [3.63, 3.8) is 0 Å². The van der Waals surface area contributed by atoms with Gasteiger partial charge in [0, 0.05) is 6.42 Å². The average Bonchev–Trinajstić information content (AvgIpc) is 1.81. The highest BCUT2D eigenvalue weighted by Gasteiger charge is 2.54. The van der Waals surface area contributed by atoms with Crippen LogP contribution in [0.25, 0.3) is 0 Å². The summed E-state index contributed by atoms with van der Waals surface area (Å²) < 4.78 is 37.3. The van der Waals surface area contributed by atoms with Crippen LogP contribution in [0.4, 0.5) is 13.2 Å². The Bertz CT molecular complexity index is 103. The molecule has 0 N–H and O–H groups in total. The van der Waals surface area contributed by atoms with E-state index in [4.69, 9.17) is 0 Å². The van der Waals surface area contributed by atoms with Gasteiger partial charge in [0.25, 0.3) is 5.92 Å². The zero-order valence-corrected chi connectivity index (χ0v) is 5.26. The first-order valence-electron chi connectivity index (χ1n) is 3.02. The Balaban J connectivity index is 2.75. The van der Waals surface area contributed by atoms with E-state index < -0.39 is 11.6 Å². The maximum atomic E-state index is 12.6. The SMILES string of the molecule is CC1(F)CCCC1(F)F. The molecule has 0 radical (unpaired) electrons. The summed E-state index contributed by atoms with van der Waals surface area (Å²) in [6.45, 7) is 0.972. The van der Waals surface area contributed by atoms with Gasteiger partial charge in [-0.3, -0.25) is 0 Å².